The number of nitrogens with one attached hydrogen (secondary N) is 2. The Morgan fingerprint density at radius 3 is 2.58 bits per heavy atom. The van der Waals surface area contributed by atoms with Crippen molar-refractivity contribution >= 4 is 11.9 Å². The second-order valence-corrected chi connectivity index (χ2v) is 7.24. The number of piperidine rings is 1. The predicted molar refractivity (Wildman–Crippen MR) is 96.4 cm³/mol. The fraction of sp³-hybridized carbons (Fsp3) is 0.263. The highest BCUT2D eigenvalue weighted by Gasteiger charge is 2.22. The van der Waals surface area contributed by atoms with Gasteiger partial charge in [0.2, 0.25) is 5.69 Å². The van der Waals surface area contributed by atoms with Gasteiger partial charge in [0.25, 0.3) is 0 Å². The van der Waals surface area contributed by atoms with Gasteiger partial charge in [0, 0.05) is 54.0 Å². The molecule has 0 unspecified atom stereocenters. The first-order valence-electron chi connectivity index (χ1n) is 8.38. The molecule has 3 aromatic rings. The molecule has 3 heterocycles. The molecule has 1 aliphatic rings. The van der Waals surface area contributed by atoms with E-state index in [0.717, 1.165) is 37.4 Å². The molecule has 4 rings (SSSR count). The fourth-order valence-corrected chi connectivity index (χ4v) is 4.09. The van der Waals surface area contributed by atoms with Gasteiger partial charge in [-0.15, -0.1) is 0 Å². The standard InChI is InChI=1S/C19H20N4S/c1-2-10-20-18(3-1)15-4-6-17(7-5-15)24-23-13-8-16(9-14-23)19-21-11-12-22-19/h1-7,10-12,16H,8-9,13-14H2,(H,21,22)/p+1. The van der Waals surface area contributed by atoms with E-state index < -0.39 is 0 Å². The van der Waals surface area contributed by atoms with Gasteiger partial charge in [-0.05, 0) is 55.1 Å². The van der Waals surface area contributed by atoms with E-state index in [1.54, 1.807) is 0 Å². The number of aromatic nitrogens is 3. The van der Waals surface area contributed by atoms with Crippen molar-refractivity contribution in [3.05, 3.63) is 66.9 Å². The molecule has 122 valence electrons. The van der Waals surface area contributed by atoms with Gasteiger partial charge < -0.3 is 4.98 Å². The summed E-state index contributed by atoms with van der Waals surface area (Å²) in [5.74, 6) is 1.72. The molecule has 1 aromatic carbocycles. The van der Waals surface area contributed by atoms with E-state index >= 15 is 0 Å². The average molecular weight is 337 g/mol. The summed E-state index contributed by atoms with van der Waals surface area (Å²) in [6, 6.07) is 14.9. The van der Waals surface area contributed by atoms with Crippen molar-refractivity contribution in [3.8, 4) is 11.3 Å². The zero-order chi connectivity index (χ0) is 16.2. The zero-order valence-electron chi connectivity index (χ0n) is 13.5. The third-order valence-electron chi connectivity index (χ3n) is 4.47. The van der Waals surface area contributed by atoms with Crippen LogP contribution in [0.15, 0.2) is 66.0 Å². The topological polar surface area (TPSA) is 46.1 Å². The van der Waals surface area contributed by atoms with Crippen molar-refractivity contribution in [2.75, 3.05) is 13.1 Å². The first kappa shape index (κ1) is 15.4. The average Bonchev–Trinajstić information content (AvgIpc) is 3.18. The second-order valence-electron chi connectivity index (χ2n) is 6.07. The maximum absolute atomic E-state index is 4.40. The lowest BCUT2D eigenvalue weighted by molar-refractivity contribution is -0.364. The third-order valence-corrected chi connectivity index (χ3v) is 5.58. The van der Waals surface area contributed by atoms with Gasteiger partial charge >= 0.3 is 0 Å². The Kier molecular flexibility index (Phi) is 4.62. The molecule has 24 heavy (non-hydrogen) atoms. The maximum Gasteiger partial charge on any atom is 0.210 e. The molecule has 1 saturated heterocycles. The number of hydrogen-bond donors (Lipinski definition) is 1. The van der Waals surface area contributed by atoms with Crippen LogP contribution in [-0.4, -0.2) is 27.4 Å². The minimum Gasteiger partial charge on any atom is -0.348 e. The Morgan fingerprint density at radius 2 is 1.92 bits per heavy atom. The summed E-state index contributed by atoms with van der Waals surface area (Å²) in [7, 11) is 0. The van der Waals surface area contributed by atoms with E-state index in [9.17, 15) is 0 Å². The monoisotopic (exact) mass is 337 g/mol. The number of benzene rings is 1. The number of rotatable bonds is 4. The summed E-state index contributed by atoms with van der Waals surface area (Å²) >= 11 is 1.86. The minimum atomic E-state index is 0.577. The lowest BCUT2D eigenvalue weighted by Gasteiger charge is -2.29. The number of aromatic amines is 2. The van der Waals surface area contributed by atoms with Gasteiger partial charge in [-0.3, -0.25) is 0 Å². The summed E-state index contributed by atoms with van der Waals surface area (Å²) in [5.41, 5.74) is 2.37. The fourth-order valence-electron chi connectivity index (χ4n) is 3.14. The lowest BCUT2D eigenvalue weighted by Crippen LogP contribution is -2.27. The highest BCUT2D eigenvalue weighted by molar-refractivity contribution is 7.97. The molecule has 5 heteroatoms. The first-order valence-corrected chi connectivity index (χ1v) is 9.15. The molecule has 1 fully saturated rings. The SMILES string of the molecule is c1ccc(-c2ccc(SN3CCC(c4ncc[nH]4)CC3)cc2)[nH+]c1. The Labute approximate surface area is 146 Å². The Hall–Kier alpha value is -2.11. The quantitative estimate of drug-likeness (QED) is 0.737. The molecule has 0 aliphatic carbocycles. The molecule has 2 aromatic heterocycles. The maximum atomic E-state index is 4.40. The summed E-state index contributed by atoms with van der Waals surface area (Å²) in [5, 5.41) is 0. The molecule has 0 radical (unpaired) electrons. The van der Waals surface area contributed by atoms with E-state index in [-0.39, 0.29) is 0 Å². The van der Waals surface area contributed by atoms with Crippen LogP contribution in [0, 0.1) is 0 Å². The van der Waals surface area contributed by atoms with Gasteiger partial charge in [0.1, 0.15) is 5.82 Å². The molecule has 2 N–H and O–H groups in total. The van der Waals surface area contributed by atoms with Crippen molar-refractivity contribution < 1.29 is 4.98 Å². The molecular weight excluding hydrogens is 316 g/mol. The predicted octanol–water partition coefficient (Wildman–Crippen LogP) is 3.78. The molecule has 0 bridgehead atoms. The van der Waals surface area contributed by atoms with E-state index in [1.807, 2.05) is 36.6 Å². The third kappa shape index (κ3) is 3.52. The molecular formula is C19H21N4S+. The van der Waals surface area contributed by atoms with E-state index in [0.29, 0.717) is 5.92 Å². The molecule has 0 amide bonds. The van der Waals surface area contributed by atoms with Gasteiger partial charge in [0.15, 0.2) is 6.20 Å². The molecule has 0 atom stereocenters. The summed E-state index contributed by atoms with van der Waals surface area (Å²) < 4.78 is 2.46. The largest absolute Gasteiger partial charge is 0.348 e. The summed E-state index contributed by atoms with van der Waals surface area (Å²) in [4.78, 5) is 12.2. The van der Waals surface area contributed by atoms with Crippen LogP contribution in [0.4, 0.5) is 0 Å². The highest BCUT2D eigenvalue weighted by Crippen LogP contribution is 2.32. The van der Waals surface area contributed by atoms with E-state index in [4.69, 9.17) is 0 Å². The van der Waals surface area contributed by atoms with Crippen LogP contribution in [0.25, 0.3) is 11.3 Å². The number of hydrogen-bond acceptors (Lipinski definition) is 3. The number of nitrogens with zero attached hydrogens (tertiary/aromatic N) is 2. The van der Waals surface area contributed by atoms with Crippen LogP contribution in [0.2, 0.25) is 0 Å². The van der Waals surface area contributed by atoms with Crippen molar-refractivity contribution in [1.29, 1.82) is 0 Å². The van der Waals surface area contributed by atoms with Crippen LogP contribution in [0.3, 0.4) is 0 Å². The smallest absolute Gasteiger partial charge is 0.210 e. The van der Waals surface area contributed by atoms with Gasteiger partial charge in [-0.25, -0.2) is 14.3 Å². The molecule has 1 aliphatic heterocycles. The Balaban J connectivity index is 1.35. The Bertz CT molecular complexity index is 748. The van der Waals surface area contributed by atoms with Gasteiger partial charge in [-0.2, -0.15) is 0 Å². The summed E-state index contributed by atoms with van der Waals surface area (Å²) in [6.45, 7) is 2.20. The van der Waals surface area contributed by atoms with Crippen LogP contribution < -0.4 is 4.98 Å². The number of H-pyrrole nitrogens is 2. The Morgan fingerprint density at radius 1 is 1.08 bits per heavy atom. The molecule has 0 spiro atoms. The van der Waals surface area contributed by atoms with Gasteiger partial charge in [-0.1, -0.05) is 0 Å². The van der Waals surface area contributed by atoms with Crippen LogP contribution in [0.5, 0.6) is 0 Å². The van der Waals surface area contributed by atoms with E-state index in [1.165, 1.54) is 10.5 Å². The van der Waals surface area contributed by atoms with Crippen molar-refractivity contribution in [2.24, 2.45) is 0 Å². The minimum absolute atomic E-state index is 0.577. The normalized spacial score (nSPS) is 16.3. The van der Waals surface area contributed by atoms with Crippen molar-refractivity contribution in [3.63, 3.8) is 0 Å². The first-order chi connectivity index (χ1) is 11.9. The second kappa shape index (κ2) is 7.20. The van der Waals surface area contributed by atoms with E-state index in [2.05, 4.69) is 55.7 Å². The number of pyridine rings is 1. The molecule has 0 saturated carbocycles. The lowest BCUT2D eigenvalue weighted by atomic mass is 9.98. The highest BCUT2D eigenvalue weighted by atomic mass is 32.2. The summed E-state index contributed by atoms with van der Waals surface area (Å²) in [6.07, 6.45) is 8.06. The van der Waals surface area contributed by atoms with Crippen LogP contribution in [-0.2, 0) is 0 Å². The van der Waals surface area contributed by atoms with Crippen molar-refractivity contribution in [1.82, 2.24) is 14.3 Å². The molecule has 4 nitrogen and oxygen atoms in total. The van der Waals surface area contributed by atoms with Crippen LogP contribution >= 0.6 is 11.9 Å². The zero-order valence-corrected chi connectivity index (χ0v) is 14.3. The van der Waals surface area contributed by atoms with Crippen molar-refractivity contribution in [2.45, 2.75) is 23.7 Å². The number of imidazole rings is 1. The van der Waals surface area contributed by atoms with Crippen LogP contribution in [0.1, 0.15) is 24.6 Å². The van der Waals surface area contributed by atoms with Gasteiger partial charge in [0.05, 0.1) is 0 Å².